The molecule has 0 radical (unpaired) electrons. The van der Waals surface area contributed by atoms with Crippen LogP contribution in [0.15, 0.2) is 42.5 Å². The number of benzene rings is 2. The monoisotopic (exact) mass is 389 g/mol. The zero-order chi connectivity index (χ0) is 20.1. The Bertz CT molecular complexity index is 1040. The Kier molecular flexibility index (Phi) is 4.73. The number of piperidine rings is 1. The molecule has 0 amide bonds. The van der Waals surface area contributed by atoms with Crippen molar-refractivity contribution < 1.29 is 5.11 Å². The molecule has 2 aliphatic heterocycles. The summed E-state index contributed by atoms with van der Waals surface area (Å²) in [6.07, 6.45) is 1.82. The fourth-order valence-corrected chi connectivity index (χ4v) is 5.61. The van der Waals surface area contributed by atoms with Gasteiger partial charge >= 0.3 is 0 Å². The summed E-state index contributed by atoms with van der Waals surface area (Å²) in [6, 6.07) is 16.2. The number of aliphatic hydroxyl groups is 1. The molecule has 3 N–H and O–H groups in total. The van der Waals surface area contributed by atoms with Crippen LogP contribution in [-0.4, -0.2) is 47.3 Å². The molecule has 4 atom stereocenters. The average Bonchev–Trinajstić information content (AvgIpc) is 3.11. The van der Waals surface area contributed by atoms with E-state index >= 15 is 0 Å². The van der Waals surface area contributed by atoms with E-state index in [0.717, 1.165) is 25.9 Å². The number of aromatic amines is 1. The van der Waals surface area contributed by atoms with E-state index in [-0.39, 0.29) is 12.0 Å². The van der Waals surface area contributed by atoms with Gasteiger partial charge in [-0.1, -0.05) is 48.0 Å². The van der Waals surface area contributed by atoms with E-state index in [0.29, 0.717) is 12.1 Å². The predicted molar refractivity (Wildman–Crippen MR) is 119 cm³/mol. The van der Waals surface area contributed by atoms with Crippen molar-refractivity contribution in [2.75, 3.05) is 20.1 Å². The topological polar surface area (TPSA) is 51.3 Å². The Labute approximate surface area is 172 Å². The van der Waals surface area contributed by atoms with Crippen LogP contribution in [0, 0.1) is 12.8 Å². The fourth-order valence-electron chi connectivity index (χ4n) is 5.61. The highest BCUT2D eigenvalue weighted by Crippen LogP contribution is 2.43. The minimum atomic E-state index is -0.287. The van der Waals surface area contributed by atoms with Crippen molar-refractivity contribution in [2.45, 2.75) is 44.9 Å². The Balaban J connectivity index is 1.59. The van der Waals surface area contributed by atoms with Crippen LogP contribution in [0.25, 0.3) is 22.0 Å². The van der Waals surface area contributed by atoms with Crippen LogP contribution in [0.2, 0.25) is 0 Å². The first-order chi connectivity index (χ1) is 14.1. The van der Waals surface area contributed by atoms with Crippen LogP contribution in [0.5, 0.6) is 0 Å². The number of H-pyrrole nitrogens is 1. The van der Waals surface area contributed by atoms with Gasteiger partial charge in [0, 0.05) is 41.7 Å². The summed E-state index contributed by atoms with van der Waals surface area (Å²) >= 11 is 0. The molecule has 2 aromatic carbocycles. The number of para-hydroxylation sites is 1. The van der Waals surface area contributed by atoms with Crippen molar-refractivity contribution >= 4 is 10.9 Å². The molecule has 152 valence electrons. The molecule has 0 aliphatic carbocycles. The lowest BCUT2D eigenvalue weighted by Gasteiger charge is -2.47. The van der Waals surface area contributed by atoms with Gasteiger partial charge in [0.1, 0.15) is 0 Å². The van der Waals surface area contributed by atoms with E-state index in [1.165, 1.54) is 38.9 Å². The first-order valence-electron chi connectivity index (χ1n) is 10.9. The molecular formula is C25H31N3O. The van der Waals surface area contributed by atoms with Gasteiger partial charge in [-0.3, -0.25) is 4.90 Å². The number of nitrogens with one attached hydrogen (secondary N) is 2. The summed E-state index contributed by atoms with van der Waals surface area (Å²) in [4.78, 5) is 6.44. The molecule has 0 bridgehead atoms. The SMILES string of the molecule is CN[C@H]1C[C@H]2c3[nH]c4c(-c5cccc(C)c5)cccc4c3CCN2C[C@H]1[C@H](C)O. The average molecular weight is 390 g/mol. The first-order valence-corrected chi connectivity index (χ1v) is 10.9. The third kappa shape index (κ3) is 3.10. The van der Waals surface area contributed by atoms with Crippen LogP contribution < -0.4 is 5.32 Å². The highest BCUT2D eigenvalue weighted by Gasteiger charge is 2.41. The van der Waals surface area contributed by atoms with E-state index in [1.807, 2.05) is 14.0 Å². The van der Waals surface area contributed by atoms with Gasteiger partial charge in [-0.05, 0) is 44.9 Å². The summed E-state index contributed by atoms with van der Waals surface area (Å²) in [5.74, 6) is 0.282. The fraction of sp³-hybridized carbons (Fsp3) is 0.440. The van der Waals surface area contributed by atoms with Gasteiger partial charge in [-0.25, -0.2) is 0 Å². The molecule has 1 saturated heterocycles. The second-order valence-corrected chi connectivity index (χ2v) is 8.91. The molecule has 0 saturated carbocycles. The highest BCUT2D eigenvalue weighted by atomic mass is 16.3. The number of aromatic nitrogens is 1. The molecule has 4 heteroatoms. The van der Waals surface area contributed by atoms with Crippen molar-refractivity contribution in [3.63, 3.8) is 0 Å². The van der Waals surface area contributed by atoms with E-state index in [4.69, 9.17) is 0 Å². The predicted octanol–water partition coefficient (Wildman–Crippen LogP) is 4.03. The van der Waals surface area contributed by atoms with Crippen LogP contribution in [0.1, 0.15) is 36.2 Å². The molecule has 5 rings (SSSR count). The minimum Gasteiger partial charge on any atom is -0.393 e. The van der Waals surface area contributed by atoms with Crippen LogP contribution in [-0.2, 0) is 6.42 Å². The largest absolute Gasteiger partial charge is 0.393 e. The maximum atomic E-state index is 10.3. The number of aryl methyl sites for hydroxylation is 1. The Morgan fingerprint density at radius 1 is 1.21 bits per heavy atom. The number of fused-ring (bicyclic) bond motifs is 5. The van der Waals surface area contributed by atoms with Crippen molar-refractivity contribution in [3.8, 4) is 11.1 Å². The summed E-state index contributed by atoms with van der Waals surface area (Å²) < 4.78 is 0. The summed E-state index contributed by atoms with van der Waals surface area (Å²) in [5, 5.41) is 15.1. The Morgan fingerprint density at radius 3 is 2.79 bits per heavy atom. The summed E-state index contributed by atoms with van der Waals surface area (Å²) in [7, 11) is 2.03. The van der Waals surface area contributed by atoms with Gasteiger partial charge in [-0.2, -0.15) is 0 Å². The Hall–Kier alpha value is -2.14. The third-order valence-corrected chi connectivity index (χ3v) is 7.16. The molecule has 1 fully saturated rings. The van der Waals surface area contributed by atoms with Gasteiger partial charge in [0.05, 0.1) is 17.7 Å². The van der Waals surface area contributed by atoms with Gasteiger partial charge in [0.15, 0.2) is 0 Å². The van der Waals surface area contributed by atoms with Gasteiger partial charge < -0.3 is 15.4 Å². The van der Waals surface area contributed by atoms with Crippen LogP contribution >= 0.6 is 0 Å². The van der Waals surface area contributed by atoms with Crippen LogP contribution in [0.3, 0.4) is 0 Å². The second-order valence-electron chi connectivity index (χ2n) is 8.91. The number of hydrogen-bond acceptors (Lipinski definition) is 3. The maximum absolute atomic E-state index is 10.3. The molecule has 29 heavy (non-hydrogen) atoms. The van der Waals surface area contributed by atoms with Crippen molar-refractivity contribution in [1.82, 2.24) is 15.2 Å². The van der Waals surface area contributed by atoms with Gasteiger partial charge in [0.2, 0.25) is 0 Å². The third-order valence-electron chi connectivity index (χ3n) is 7.16. The van der Waals surface area contributed by atoms with Crippen molar-refractivity contribution in [3.05, 3.63) is 59.3 Å². The van der Waals surface area contributed by atoms with E-state index in [9.17, 15) is 5.11 Å². The zero-order valence-electron chi connectivity index (χ0n) is 17.6. The van der Waals surface area contributed by atoms with Crippen LogP contribution in [0.4, 0.5) is 0 Å². The molecule has 0 unspecified atom stereocenters. The Morgan fingerprint density at radius 2 is 2.03 bits per heavy atom. The maximum Gasteiger partial charge on any atom is 0.0567 e. The lowest BCUT2D eigenvalue weighted by Crippen LogP contribution is -2.54. The molecule has 2 aliphatic rings. The number of hydrogen-bond donors (Lipinski definition) is 3. The molecule has 3 aromatic rings. The van der Waals surface area contributed by atoms with Gasteiger partial charge in [0.25, 0.3) is 0 Å². The molecule has 3 heterocycles. The molecule has 1 aromatic heterocycles. The summed E-state index contributed by atoms with van der Waals surface area (Å²) in [5.41, 5.74) is 7.99. The minimum absolute atomic E-state index is 0.282. The summed E-state index contributed by atoms with van der Waals surface area (Å²) in [6.45, 7) is 6.10. The van der Waals surface area contributed by atoms with Gasteiger partial charge in [-0.15, -0.1) is 0 Å². The van der Waals surface area contributed by atoms with Crippen molar-refractivity contribution in [2.24, 2.45) is 5.92 Å². The smallest absolute Gasteiger partial charge is 0.0567 e. The second kappa shape index (κ2) is 7.28. The zero-order valence-corrected chi connectivity index (χ0v) is 17.6. The molecular weight excluding hydrogens is 358 g/mol. The normalized spacial score (nSPS) is 25.6. The number of nitrogens with zero attached hydrogens (tertiary/aromatic N) is 1. The van der Waals surface area contributed by atoms with E-state index < -0.39 is 0 Å². The number of aliphatic hydroxyl groups excluding tert-OH is 1. The quantitative estimate of drug-likeness (QED) is 0.634. The lowest BCUT2D eigenvalue weighted by molar-refractivity contribution is 0.00759. The van der Waals surface area contributed by atoms with E-state index in [2.05, 4.69) is 64.6 Å². The molecule has 4 nitrogen and oxygen atoms in total. The highest BCUT2D eigenvalue weighted by molar-refractivity contribution is 5.97. The van der Waals surface area contributed by atoms with Crippen molar-refractivity contribution in [1.29, 1.82) is 0 Å². The molecule has 0 spiro atoms. The lowest BCUT2D eigenvalue weighted by atomic mass is 9.80. The number of rotatable bonds is 3. The van der Waals surface area contributed by atoms with E-state index in [1.54, 1.807) is 0 Å². The standard InChI is InChI=1S/C25H31N3O/c1-15-6-4-7-17(12-15)18-8-5-9-19-20-10-11-28-14-21(16(2)29)22(26-3)13-23(28)25(20)27-24(18)19/h4-9,12,16,21-23,26-27,29H,10-11,13-14H2,1-3H3/t16-,21-,22-,23-/m0/s1. The first kappa shape index (κ1) is 18.9.